The maximum Gasteiger partial charge on any atom is 0.308 e. The van der Waals surface area contributed by atoms with Crippen LogP contribution in [0.15, 0.2) is 18.2 Å². The van der Waals surface area contributed by atoms with Gasteiger partial charge < -0.3 is 14.7 Å². The van der Waals surface area contributed by atoms with E-state index in [0.717, 1.165) is 23.2 Å². The average Bonchev–Trinajstić information content (AvgIpc) is 3.01. The van der Waals surface area contributed by atoms with Crippen LogP contribution in [0.3, 0.4) is 0 Å². The molecule has 1 fully saturated rings. The average molecular weight is 305 g/mol. The van der Waals surface area contributed by atoms with Gasteiger partial charge in [0.15, 0.2) is 0 Å². The third-order valence-electron chi connectivity index (χ3n) is 4.15. The van der Waals surface area contributed by atoms with Gasteiger partial charge in [-0.1, -0.05) is 13.0 Å². The lowest BCUT2D eigenvalue weighted by Crippen LogP contribution is -2.42. The molecule has 5 heteroatoms. The molecule has 1 aromatic carbocycles. The van der Waals surface area contributed by atoms with Gasteiger partial charge in [-0.2, -0.15) is 0 Å². The minimum absolute atomic E-state index is 0.145. The van der Waals surface area contributed by atoms with E-state index in [1.165, 1.54) is 0 Å². The summed E-state index contributed by atoms with van der Waals surface area (Å²) in [5, 5.41) is 9.15. The molecule has 5 nitrogen and oxygen atoms in total. The number of benzene rings is 1. The number of amides is 1. The molecule has 1 N–H and O–H groups in total. The summed E-state index contributed by atoms with van der Waals surface area (Å²) in [6.45, 7) is 6.33. The van der Waals surface area contributed by atoms with Crippen molar-refractivity contribution in [1.29, 1.82) is 0 Å². The minimum atomic E-state index is -0.908. The summed E-state index contributed by atoms with van der Waals surface area (Å²) in [4.78, 5) is 25.4. The summed E-state index contributed by atoms with van der Waals surface area (Å²) in [5.41, 5.74) is 2.95. The Labute approximate surface area is 130 Å². The van der Waals surface area contributed by atoms with Crippen LogP contribution >= 0.6 is 0 Å². The molecule has 0 saturated carbocycles. The fourth-order valence-corrected chi connectivity index (χ4v) is 2.51. The number of ether oxygens (including phenoxy) is 1. The number of rotatable bonds is 5. The molecule has 1 aliphatic rings. The molecular weight excluding hydrogens is 282 g/mol. The Kier molecular flexibility index (Phi) is 5.19. The van der Waals surface area contributed by atoms with E-state index in [2.05, 4.69) is 0 Å². The number of hydrogen-bond acceptors (Lipinski definition) is 3. The summed E-state index contributed by atoms with van der Waals surface area (Å²) in [7, 11) is 0. The topological polar surface area (TPSA) is 66.8 Å². The van der Waals surface area contributed by atoms with E-state index in [1.54, 1.807) is 11.8 Å². The Hall–Kier alpha value is -1.88. The zero-order valence-electron chi connectivity index (χ0n) is 13.3. The molecule has 2 atom stereocenters. The van der Waals surface area contributed by atoms with Crippen LogP contribution in [-0.2, 0) is 14.3 Å². The van der Waals surface area contributed by atoms with Crippen LogP contribution in [0.1, 0.15) is 30.9 Å². The summed E-state index contributed by atoms with van der Waals surface area (Å²) in [5.74, 6) is -1.69. The highest BCUT2D eigenvalue weighted by molar-refractivity contribution is 5.97. The van der Waals surface area contributed by atoms with Crippen molar-refractivity contribution in [3.05, 3.63) is 29.3 Å². The molecule has 1 amide bonds. The molecule has 0 spiro atoms. The number of carbonyl (C=O) groups is 2. The zero-order valence-corrected chi connectivity index (χ0v) is 13.3. The van der Waals surface area contributed by atoms with E-state index < -0.39 is 18.0 Å². The van der Waals surface area contributed by atoms with Gasteiger partial charge in [-0.25, -0.2) is 0 Å². The number of anilines is 1. The van der Waals surface area contributed by atoms with Crippen molar-refractivity contribution in [2.75, 3.05) is 18.1 Å². The van der Waals surface area contributed by atoms with Crippen molar-refractivity contribution in [3.63, 3.8) is 0 Å². The second kappa shape index (κ2) is 6.92. The molecule has 2 unspecified atom stereocenters. The Morgan fingerprint density at radius 3 is 2.64 bits per heavy atom. The summed E-state index contributed by atoms with van der Waals surface area (Å²) < 4.78 is 5.47. The summed E-state index contributed by atoms with van der Waals surface area (Å²) >= 11 is 0. The van der Waals surface area contributed by atoms with Crippen molar-refractivity contribution in [1.82, 2.24) is 0 Å². The highest BCUT2D eigenvalue weighted by Crippen LogP contribution is 2.24. The lowest BCUT2D eigenvalue weighted by atomic mass is 10.1. The Morgan fingerprint density at radius 2 is 2.09 bits per heavy atom. The molecule has 120 valence electrons. The fourth-order valence-electron chi connectivity index (χ4n) is 2.51. The Morgan fingerprint density at radius 1 is 1.36 bits per heavy atom. The second-order valence-electron chi connectivity index (χ2n) is 5.96. The van der Waals surface area contributed by atoms with Gasteiger partial charge >= 0.3 is 5.97 Å². The summed E-state index contributed by atoms with van der Waals surface area (Å²) in [6, 6.07) is 5.74. The van der Waals surface area contributed by atoms with Gasteiger partial charge in [0.25, 0.3) is 5.91 Å². The van der Waals surface area contributed by atoms with Crippen LogP contribution in [0.25, 0.3) is 0 Å². The van der Waals surface area contributed by atoms with Crippen LogP contribution in [0.5, 0.6) is 0 Å². The highest BCUT2D eigenvalue weighted by atomic mass is 16.5. The number of carboxylic acids is 1. The predicted molar refractivity (Wildman–Crippen MR) is 84.0 cm³/mol. The first-order chi connectivity index (χ1) is 10.4. The van der Waals surface area contributed by atoms with E-state index >= 15 is 0 Å². The van der Waals surface area contributed by atoms with E-state index in [4.69, 9.17) is 9.84 Å². The van der Waals surface area contributed by atoms with Crippen molar-refractivity contribution in [2.45, 2.75) is 39.7 Å². The molecule has 1 aliphatic heterocycles. The predicted octanol–water partition coefficient (Wildman–Crippen LogP) is 2.54. The molecule has 0 aliphatic carbocycles. The normalized spacial score (nSPS) is 19.0. The standard InChI is InChI=1S/C17H23NO4/c1-11-6-7-14(9-12(11)2)18(10-13(3)17(20)21)16(19)15-5-4-8-22-15/h6-7,9,13,15H,4-5,8,10H2,1-3H3,(H,20,21). The Balaban J connectivity index is 2.28. The summed E-state index contributed by atoms with van der Waals surface area (Å²) in [6.07, 6.45) is 1.11. The van der Waals surface area contributed by atoms with Gasteiger partial charge in [-0.15, -0.1) is 0 Å². The van der Waals surface area contributed by atoms with Gasteiger partial charge in [0.05, 0.1) is 5.92 Å². The first kappa shape index (κ1) is 16.5. The lowest BCUT2D eigenvalue weighted by molar-refractivity contribution is -0.140. The van der Waals surface area contributed by atoms with Crippen molar-refractivity contribution >= 4 is 17.6 Å². The van der Waals surface area contributed by atoms with Crippen molar-refractivity contribution in [3.8, 4) is 0 Å². The fraction of sp³-hybridized carbons (Fsp3) is 0.529. The van der Waals surface area contributed by atoms with E-state index in [9.17, 15) is 9.59 Å². The maximum absolute atomic E-state index is 12.7. The lowest BCUT2D eigenvalue weighted by Gasteiger charge is -2.27. The first-order valence-electron chi connectivity index (χ1n) is 7.63. The zero-order chi connectivity index (χ0) is 16.3. The molecule has 22 heavy (non-hydrogen) atoms. The van der Waals surface area contributed by atoms with Crippen molar-refractivity contribution in [2.24, 2.45) is 5.92 Å². The van der Waals surface area contributed by atoms with Crippen LogP contribution in [0.4, 0.5) is 5.69 Å². The van der Waals surface area contributed by atoms with E-state index in [-0.39, 0.29) is 12.5 Å². The quantitative estimate of drug-likeness (QED) is 0.908. The van der Waals surface area contributed by atoms with E-state index in [0.29, 0.717) is 13.0 Å². The number of nitrogens with zero attached hydrogens (tertiary/aromatic N) is 1. The monoisotopic (exact) mass is 305 g/mol. The number of aliphatic carboxylic acids is 1. The van der Waals surface area contributed by atoms with Gasteiger partial charge in [0.1, 0.15) is 6.10 Å². The van der Waals surface area contributed by atoms with Gasteiger partial charge in [0, 0.05) is 18.8 Å². The largest absolute Gasteiger partial charge is 0.481 e. The Bertz CT molecular complexity index is 564. The smallest absolute Gasteiger partial charge is 0.308 e. The number of aryl methyl sites for hydroxylation is 2. The first-order valence-corrected chi connectivity index (χ1v) is 7.63. The highest BCUT2D eigenvalue weighted by Gasteiger charge is 2.31. The third kappa shape index (κ3) is 3.65. The SMILES string of the molecule is Cc1ccc(N(CC(C)C(=O)O)C(=O)C2CCCO2)cc1C. The third-order valence-corrected chi connectivity index (χ3v) is 4.15. The van der Waals surface area contributed by atoms with Crippen molar-refractivity contribution < 1.29 is 19.4 Å². The molecule has 0 bridgehead atoms. The van der Waals surface area contributed by atoms with Crippen LogP contribution in [-0.4, -0.2) is 36.2 Å². The van der Waals surface area contributed by atoms with Gasteiger partial charge in [-0.3, -0.25) is 9.59 Å². The molecule has 0 radical (unpaired) electrons. The second-order valence-corrected chi connectivity index (χ2v) is 5.96. The van der Waals surface area contributed by atoms with Crippen LogP contribution < -0.4 is 4.90 Å². The molecule has 1 saturated heterocycles. The number of hydrogen-bond donors (Lipinski definition) is 1. The molecule has 2 rings (SSSR count). The molecule has 1 heterocycles. The van der Waals surface area contributed by atoms with Crippen LogP contribution in [0, 0.1) is 19.8 Å². The number of carbonyl (C=O) groups excluding carboxylic acids is 1. The maximum atomic E-state index is 12.7. The number of carboxylic acid groups (broad SMARTS) is 1. The molecule has 1 aromatic rings. The van der Waals surface area contributed by atoms with Gasteiger partial charge in [0.2, 0.25) is 0 Å². The van der Waals surface area contributed by atoms with Crippen LogP contribution in [0.2, 0.25) is 0 Å². The minimum Gasteiger partial charge on any atom is -0.481 e. The van der Waals surface area contributed by atoms with Gasteiger partial charge in [-0.05, 0) is 49.9 Å². The molecule has 0 aromatic heterocycles. The van der Waals surface area contributed by atoms with E-state index in [1.807, 2.05) is 32.0 Å². The molecular formula is C17H23NO4.